The number of hydrogen-bond acceptors (Lipinski definition) is 4. The SMILES string of the molecule is CCCOc1ccc(Br)cc1C(=O)NC(=S)Nc1ccc(C(=O)N(CCC)CCC)cc1. The number of thiocarbonyl (C=S) groups is 1. The summed E-state index contributed by atoms with van der Waals surface area (Å²) in [5.41, 5.74) is 1.70. The van der Waals surface area contributed by atoms with Gasteiger partial charge in [-0.2, -0.15) is 0 Å². The summed E-state index contributed by atoms with van der Waals surface area (Å²) in [6, 6.07) is 12.3. The van der Waals surface area contributed by atoms with Crippen molar-refractivity contribution in [3.8, 4) is 5.75 Å². The van der Waals surface area contributed by atoms with Crippen molar-refractivity contribution in [2.75, 3.05) is 25.0 Å². The second-order valence-corrected chi connectivity index (χ2v) is 8.59. The van der Waals surface area contributed by atoms with Crippen LogP contribution in [0.15, 0.2) is 46.9 Å². The van der Waals surface area contributed by atoms with E-state index in [0.29, 0.717) is 29.2 Å². The Morgan fingerprint density at radius 3 is 2.25 bits per heavy atom. The summed E-state index contributed by atoms with van der Waals surface area (Å²) in [6.45, 7) is 8.12. The summed E-state index contributed by atoms with van der Waals surface area (Å²) in [5, 5.41) is 5.83. The van der Waals surface area contributed by atoms with E-state index < -0.39 is 0 Å². The lowest BCUT2D eigenvalue weighted by Crippen LogP contribution is -2.34. The van der Waals surface area contributed by atoms with Crippen molar-refractivity contribution >= 4 is 50.8 Å². The predicted molar refractivity (Wildman–Crippen MR) is 137 cm³/mol. The van der Waals surface area contributed by atoms with Crippen molar-refractivity contribution < 1.29 is 14.3 Å². The Hall–Kier alpha value is -2.45. The summed E-state index contributed by atoms with van der Waals surface area (Å²) >= 11 is 8.69. The Morgan fingerprint density at radius 2 is 1.66 bits per heavy atom. The zero-order valence-corrected chi connectivity index (χ0v) is 21.1. The predicted octanol–water partition coefficient (Wildman–Crippen LogP) is 5.63. The van der Waals surface area contributed by atoms with Gasteiger partial charge in [-0.1, -0.05) is 36.7 Å². The molecule has 0 aliphatic carbocycles. The van der Waals surface area contributed by atoms with Crippen molar-refractivity contribution in [2.24, 2.45) is 0 Å². The highest BCUT2D eigenvalue weighted by molar-refractivity contribution is 9.10. The van der Waals surface area contributed by atoms with Gasteiger partial charge in [0.1, 0.15) is 5.75 Å². The maximum atomic E-state index is 12.7. The third-order valence-electron chi connectivity index (χ3n) is 4.54. The van der Waals surface area contributed by atoms with E-state index >= 15 is 0 Å². The first-order valence-electron chi connectivity index (χ1n) is 10.8. The lowest BCUT2D eigenvalue weighted by atomic mass is 10.1. The van der Waals surface area contributed by atoms with Crippen molar-refractivity contribution in [3.63, 3.8) is 0 Å². The van der Waals surface area contributed by atoms with Crippen LogP contribution in [0, 0.1) is 0 Å². The molecular formula is C24H30BrN3O3S. The molecule has 2 amide bonds. The molecule has 0 spiro atoms. The number of ether oxygens (including phenoxy) is 1. The first kappa shape index (κ1) is 25.8. The summed E-state index contributed by atoms with van der Waals surface area (Å²) in [6.07, 6.45) is 2.68. The number of rotatable bonds is 10. The van der Waals surface area contributed by atoms with Gasteiger partial charge in [-0.25, -0.2) is 0 Å². The van der Waals surface area contributed by atoms with Crippen LogP contribution >= 0.6 is 28.1 Å². The van der Waals surface area contributed by atoms with Crippen LogP contribution in [-0.2, 0) is 0 Å². The van der Waals surface area contributed by atoms with E-state index in [1.165, 1.54) is 0 Å². The van der Waals surface area contributed by atoms with Crippen LogP contribution in [0.25, 0.3) is 0 Å². The van der Waals surface area contributed by atoms with Crippen molar-refractivity contribution in [1.29, 1.82) is 0 Å². The van der Waals surface area contributed by atoms with Crippen LogP contribution in [0.1, 0.15) is 60.7 Å². The maximum Gasteiger partial charge on any atom is 0.261 e. The second kappa shape index (κ2) is 13.2. The fourth-order valence-corrected chi connectivity index (χ4v) is 3.66. The minimum Gasteiger partial charge on any atom is -0.493 e. The zero-order valence-electron chi connectivity index (χ0n) is 18.7. The van der Waals surface area contributed by atoms with Gasteiger partial charge in [0.15, 0.2) is 5.11 Å². The summed E-state index contributed by atoms with van der Waals surface area (Å²) in [5.74, 6) is 0.156. The monoisotopic (exact) mass is 519 g/mol. The number of amides is 2. The Bertz CT molecular complexity index is 929. The summed E-state index contributed by atoms with van der Waals surface area (Å²) in [7, 11) is 0. The molecule has 2 N–H and O–H groups in total. The molecule has 0 heterocycles. The molecule has 0 aliphatic heterocycles. The molecule has 2 aromatic carbocycles. The molecular weight excluding hydrogens is 490 g/mol. The number of carbonyl (C=O) groups excluding carboxylic acids is 2. The van der Waals surface area contributed by atoms with Gasteiger partial charge >= 0.3 is 0 Å². The molecule has 0 unspecified atom stereocenters. The van der Waals surface area contributed by atoms with E-state index in [4.69, 9.17) is 17.0 Å². The van der Waals surface area contributed by atoms with Gasteiger partial charge in [-0.15, -0.1) is 0 Å². The number of nitrogens with one attached hydrogen (secondary N) is 2. The molecule has 0 atom stereocenters. The second-order valence-electron chi connectivity index (χ2n) is 7.27. The first-order valence-corrected chi connectivity index (χ1v) is 12.0. The highest BCUT2D eigenvalue weighted by Crippen LogP contribution is 2.23. The van der Waals surface area contributed by atoms with E-state index in [1.54, 1.807) is 36.4 Å². The van der Waals surface area contributed by atoms with E-state index in [9.17, 15) is 9.59 Å². The van der Waals surface area contributed by atoms with E-state index in [0.717, 1.165) is 36.8 Å². The quantitative estimate of drug-likeness (QED) is 0.398. The average Bonchev–Trinajstić information content (AvgIpc) is 2.78. The third-order valence-corrected chi connectivity index (χ3v) is 5.24. The number of nitrogens with zero attached hydrogens (tertiary/aromatic N) is 1. The molecule has 172 valence electrons. The largest absolute Gasteiger partial charge is 0.493 e. The molecule has 0 fully saturated rings. The van der Waals surface area contributed by atoms with Crippen LogP contribution in [0.3, 0.4) is 0 Å². The Labute approximate surface area is 203 Å². The molecule has 0 aliphatic rings. The van der Waals surface area contributed by atoms with Crippen molar-refractivity contribution in [1.82, 2.24) is 10.2 Å². The number of anilines is 1. The summed E-state index contributed by atoms with van der Waals surface area (Å²) < 4.78 is 6.44. The molecule has 2 aromatic rings. The van der Waals surface area contributed by atoms with Crippen LogP contribution in [0.5, 0.6) is 5.75 Å². The van der Waals surface area contributed by atoms with Crippen LogP contribution in [0.4, 0.5) is 5.69 Å². The average molecular weight is 520 g/mol. The van der Waals surface area contributed by atoms with E-state index in [2.05, 4.69) is 40.4 Å². The zero-order chi connectivity index (χ0) is 23.5. The molecule has 8 heteroatoms. The van der Waals surface area contributed by atoms with Crippen molar-refractivity contribution in [3.05, 3.63) is 58.1 Å². The fraction of sp³-hybridized carbons (Fsp3) is 0.375. The van der Waals surface area contributed by atoms with Gasteiger partial charge in [0, 0.05) is 28.8 Å². The lowest BCUT2D eigenvalue weighted by molar-refractivity contribution is 0.0755. The minimum atomic E-state index is -0.364. The van der Waals surface area contributed by atoms with Gasteiger partial charge in [0.05, 0.1) is 12.2 Å². The van der Waals surface area contributed by atoms with E-state index in [-0.39, 0.29) is 16.9 Å². The Morgan fingerprint density at radius 1 is 1.00 bits per heavy atom. The third kappa shape index (κ3) is 7.60. The highest BCUT2D eigenvalue weighted by atomic mass is 79.9. The van der Waals surface area contributed by atoms with E-state index in [1.807, 2.05) is 17.9 Å². The van der Waals surface area contributed by atoms with Gasteiger partial charge in [-0.05, 0) is 73.9 Å². The molecule has 0 bridgehead atoms. The molecule has 0 saturated heterocycles. The molecule has 0 aromatic heterocycles. The molecule has 0 radical (unpaired) electrons. The first-order chi connectivity index (χ1) is 15.4. The molecule has 6 nitrogen and oxygen atoms in total. The molecule has 2 rings (SSSR count). The number of carbonyl (C=O) groups is 2. The minimum absolute atomic E-state index is 0.0189. The van der Waals surface area contributed by atoms with Gasteiger partial charge < -0.3 is 15.0 Å². The topological polar surface area (TPSA) is 70.7 Å². The van der Waals surface area contributed by atoms with Gasteiger partial charge in [0.2, 0.25) is 0 Å². The van der Waals surface area contributed by atoms with Gasteiger partial charge in [-0.3, -0.25) is 14.9 Å². The highest BCUT2D eigenvalue weighted by Gasteiger charge is 2.16. The maximum absolute atomic E-state index is 12.7. The number of halogens is 1. The smallest absolute Gasteiger partial charge is 0.261 e. The number of hydrogen-bond donors (Lipinski definition) is 2. The standard InChI is InChI=1S/C24H30BrN3O3S/c1-4-13-28(14-5-2)23(30)17-7-10-19(11-8-17)26-24(32)27-22(29)20-16-18(25)9-12-21(20)31-15-6-3/h7-12,16H,4-6,13-15H2,1-3H3,(H2,26,27,29,32). The molecule has 0 saturated carbocycles. The summed E-state index contributed by atoms with van der Waals surface area (Å²) in [4.78, 5) is 27.3. The Balaban J connectivity index is 2.02. The molecule has 32 heavy (non-hydrogen) atoms. The Kier molecular flexibility index (Phi) is 10.6. The van der Waals surface area contributed by atoms with Crippen LogP contribution in [-0.4, -0.2) is 41.5 Å². The van der Waals surface area contributed by atoms with Crippen LogP contribution < -0.4 is 15.4 Å². The lowest BCUT2D eigenvalue weighted by Gasteiger charge is -2.21. The normalized spacial score (nSPS) is 10.4. The van der Waals surface area contributed by atoms with Crippen LogP contribution in [0.2, 0.25) is 0 Å². The van der Waals surface area contributed by atoms with Crippen molar-refractivity contribution in [2.45, 2.75) is 40.0 Å². The fourth-order valence-electron chi connectivity index (χ4n) is 3.08. The number of benzene rings is 2. The van der Waals surface area contributed by atoms with Gasteiger partial charge in [0.25, 0.3) is 11.8 Å².